The molecule has 1 aromatic heterocycles. The van der Waals surface area contributed by atoms with Crippen molar-refractivity contribution < 1.29 is 9.36 Å². The van der Waals surface area contributed by atoms with Gasteiger partial charge in [0.05, 0.1) is 17.1 Å². The minimum atomic E-state index is 0.00280. The van der Waals surface area contributed by atoms with Crippen LogP contribution in [0.25, 0.3) is 11.0 Å². The number of fused-ring (bicyclic) bond motifs is 1. The van der Waals surface area contributed by atoms with E-state index in [1.807, 2.05) is 42.8 Å². The number of aromatic nitrogens is 2. The second kappa shape index (κ2) is 5.75. The molecule has 0 saturated heterocycles. The first-order chi connectivity index (χ1) is 10.5. The number of imidazole rings is 1. The van der Waals surface area contributed by atoms with E-state index in [9.17, 15) is 4.79 Å². The summed E-state index contributed by atoms with van der Waals surface area (Å²) in [7, 11) is 2.00. The van der Waals surface area contributed by atoms with E-state index in [0.29, 0.717) is 15.6 Å². The standard InChI is InChI=1S/C17H15Cl2N2O/c1-11-20(2)15-5-3-4-6-16(15)21(11)10-17(22)12-7-8-13(18)14(19)9-12/h3-9H,10H2,1-2H3/q+1. The Morgan fingerprint density at radius 2 is 1.86 bits per heavy atom. The number of ketones is 1. The Labute approximate surface area is 138 Å². The van der Waals surface area contributed by atoms with Gasteiger partial charge in [-0.1, -0.05) is 35.3 Å². The largest absolute Gasteiger partial charge is 0.290 e. The lowest BCUT2D eigenvalue weighted by Gasteiger charge is -2.03. The summed E-state index contributed by atoms with van der Waals surface area (Å²) in [5.74, 6) is 1.03. The van der Waals surface area contributed by atoms with Gasteiger partial charge in [0.1, 0.15) is 0 Å². The first-order valence-electron chi connectivity index (χ1n) is 6.91. The molecule has 0 amide bonds. The Bertz CT molecular complexity index is 884. The summed E-state index contributed by atoms with van der Waals surface area (Å²) in [5, 5.41) is 0.847. The number of rotatable bonds is 3. The van der Waals surface area contributed by atoms with Crippen molar-refractivity contribution in [1.82, 2.24) is 4.57 Å². The predicted molar refractivity (Wildman–Crippen MR) is 88.6 cm³/mol. The van der Waals surface area contributed by atoms with E-state index in [1.54, 1.807) is 18.2 Å². The van der Waals surface area contributed by atoms with Crippen LogP contribution in [0, 0.1) is 6.92 Å². The zero-order valence-corrected chi connectivity index (χ0v) is 13.8. The summed E-state index contributed by atoms with van der Waals surface area (Å²) in [4.78, 5) is 12.6. The lowest BCUT2D eigenvalue weighted by Crippen LogP contribution is -2.31. The number of benzene rings is 2. The van der Waals surface area contributed by atoms with Crippen LogP contribution in [0.4, 0.5) is 0 Å². The van der Waals surface area contributed by atoms with Crippen LogP contribution in [0.2, 0.25) is 10.0 Å². The van der Waals surface area contributed by atoms with E-state index < -0.39 is 0 Å². The van der Waals surface area contributed by atoms with Crippen molar-refractivity contribution in [2.45, 2.75) is 13.5 Å². The Kier molecular flexibility index (Phi) is 3.94. The number of hydrogen-bond acceptors (Lipinski definition) is 1. The van der Waals surface area contributed by atoms with Gasteiger partial charge < -0.3 is 0 Å². The SMILES string of the molecule is Cc1n(CC(=O)c2ccc(Cl)c(Cl)c2)c2ccccc2[n+]1C. The molecular weight excluding hydrogens is 319 g/mol. The maximum atomic E-state index is 12.6. The molecule has 0 aliphatic carbocycles. The molecule has 0 fully saturated rings. The van der Waals surface area contributed by atoms with Crippen molar-refractivity contribution in [2.75, 3.05) is 0 Å². The molecule has 0 aliphatic heterocycles. The fourth-order valence-electron chi connectivity index (χ4n) is 2.61. The minimum Gasteiger partial charge on any atom is -0.290 e. The number of nitrogens with zero attached hydrogens (tertiary/aromatic N) is 2. The maximum absolute atomic E-state index is 12.6. The van der Waals surface area contributed by atoms with Gasteiger partial charge in [0.2, 0.25) is 5.78 Å². The van der Waals surface area contributed by atoms with Crippen molar-refractivity contribution in [3.8, 4) is 0 Å². The van der Waals surface area contributed by atoms with Gasteiger partial charge >= 0.3 is 0 Å². The predicted octanol–water partition coefficient (Wildman–Crippen LogP) is 3.96. The summed E-state index contributed by atoms with van der Waals surface area (Å²) in [6.45, 7) is 2.27. The van der Waals surface area contributed by atoms with Crippen LogP contribution in [0.5, 0.6) is 0 Å². The molecule has 0 atom stereocenters. The van der Waals surface area contributed by atoms with Crippen LogP contribution in [0.15, 0.2) is 42.5 Å². The summed E-state index contributed by atoms with van der Waals surface area (Å²) >= 11 is 11.9. The molecule has 0 unspecified atom stereocenters. The van der Waals surface area contributed by atoms with Crippen LogP contribution >= 0.6 is 23.2 Å². The number of para-hydroxylation sites is 2. The van der Waals surface area contributed by atoms with Gasteiger partial charge in [-0.15, -0.1) is 0 Å². The summed E-state index contributed by atoms with van der Waals surface area (Å²) in [6, 6.07) is 13.0. The fraction of sp³-hybridized carbons (Fsp3) is 0.176. The highest BCUT2D eigenvalue weighted by molar-refractivity contribution is 6.42. The average molecular weight is 334 g/mol. The Balaban J connectivity index is 2.01. The van der Waals surface area contributed by atoms with E-state index in [0.717, 1.165) is 16.9 Å². The van der Waals surface area contributed by atoms with Crippen LogP contribution in [-0.4, -0.2) is 10.4 Å². The van der Waals surface area contributed by atoms with Crippen molar-refractivity contribution in [2.24, 2.45) is 7.05 Å². The van der Waals surface area contributed by atoms with E-state index in [2.05, 4.69) is 4.57 Å². The highest BCUT2D eigenvalue weighted by atomic mass is 35.5. The quantitative estimate of drug-likeness (QED) is 0.526. The molecular formula is C17H15Cl2N2O+. The molecule has 112 valence electrons. The molecule has 0 radical (unpaired) electrons. The third-order valence-corrected chi connectivity index (χ3v) is 4.69. The van der Waals surface area contributed by atoms with Gasteiger partial charge in [0.15, 0.2) is 17.6 Å². The van der Waals surface area contributed by atoms with Gasteiger partial charge in [0, 0.05) is 12.5 Å². The topological polar surface area (TPSA) is 25.9 Å². The number of carbonyl (C=O) groups excluding carboxylic acids is 1. The molecule has 2 aromatic carbocycles. The smallest absolute Gasteiger partial charge is 0.254 e. The van der Waals surface area contributed by atoms with Crippen LogP contribution in [0.3, 0.4) is 0 Å². The average Bonchev–Trinajstić information content (AvgIpc) is 2.75. The molecule has 3 rings (SSSR count). The molecule has 3 aromatic rings. The van der Waals surface area contributed by atoms with Crippen molar-refractivity contribution >= 4 is 40.0 Å². The van der Waals surface area contributed by atoms with E-state index in [-0.39, 0.29) is 12.3 Å². The van der Waals surface area contributed by atoms with Gasteiger partial charge in [-0.05, 0) is 30.3 Å². The molecule has 5 heteroatoms. The number of aryl methyl sites for hydroxylation is 1. The fourth-order valence-corrected chi connectivity index (χ4v) is 2.91. The van der Waals surface area contributed by atoms with Crippen LogP contribution in [-0.2, 0) is 13.6 Å². The van der Waals surface area contributed by atoms with Gasteiger partial charge in [0.25, 0.3) is 5.82 Å². The number of halogens is 2. The zero-order valence-electron chi connectivity index (χ0n) is 12.3. The highest BCUT2D eigenvalue weighted by Gasteiger charge is 2.21. The summed E-state index contributed by atoms with van der Waals surface area (Å²) in [6.07, 6.45) is 0. The van der Waals surface area contributed by atoms with Crippen molar-refractivity contribution in [3.63, 3.8) is 0 Å². The molecule has 1 heterocycles. The minimum absolute atomic E-state index is 0.00280. The molecule has 0 N–H and O–H groups in total. The van der Waals surface area contributed by atoms with Gasteiger partial charge in [-0.2, -0.15) is 0 Å². The number of carbonyl (C=O) groups is 1. The third kappa shape index (κ3) is 2.51. The lowest BCUT2D eigenvalue weighted by molar-refractivity contribution is -0.652. The Hall–Kier alpha value is -1.84. The van der Waals surface area contributed by atoms with Crippen LogP contribution in [0.1, 0.15) is 16.2 Å². The second-order valence-electron chi connectivity index (χ2n) is 5.23. The molecule has 0 aliphatic rings. The summed E-state index contributed by atoms with van der Waals surface area (Å²) in [5.41, 5.74) is 2.70. The first-order valence-corrected chi connectivity index (χ1v) is 7.66. The lowest BCUT2D eigenvalue weighted by atomic mass is 10.1. The van der Waals surface area contributed by atoms with Gasteiger partial charge in [-0.3, -0.25) is 4.79 Å². The van der Waals surface area contributed by atoms with E-state index in [4.69, 9.17) is 23.2 Å². The number of hydrogen-bond donors (Lipinski definition) is 0. The Morgan fingerprint density at radius 3 is 2.59 bits per heavy atom. The summed E-state index contributed by atoms with van der Waals surface area (Å²) < 4.78 is 4.09. The molecule has 3 nitrogen and oxygen atoms in total. The monoisotopic (exact) mass is 333 g/mol. The van der Waals surface area contributed by atoms with Crippen molar-refractivity contribution in [1.29, 1.82) is 0 Å². The normalized spacial score (nSPS) is 11.1. The number of Topliss-reactive ketones (excluding diaryl/α,β-unsaturated/α-hetero) is 1. The molecule has 0 spiro atoms. The van der Waals surface area contributed by atoms with Crippen LogP contribution < -0.4 is 4.57 Å². The zero-order chi connectivity index (χ0) is 15.9. The van der Waals surface area contributed by atoms with Gasteiger partial charge in [-0.25, -0.2) is 9.13 Å². The second-order valence-corrected chi connectivity index (χ2v) is 6.05. The first kappa shape index (κ1) is 15.1. The Morgan fingerprint density at radius 1 is 1.14 bits per heavy atom. The van der Waals surface area contributed by atoms with Crippen molar-refractivity contribution in [3.05, 3.63) is 63.9 Å². The molecule has 0 saturated carbocycles. The highest BCUT2D eigenvalue weighted by Crippen LogP contribution is 2.23. The molecule has 22 heavy (non-hydrogen) atoms. The van der Waals surface area contributed by atoms with E-state index >= 15 is 0 Å². The maximum Gasteiger partial charge on any atom is 0.254 e. The van der Waals surface area contributed by atoms with E-state index in [1.165, 1.54) is 0 Å². The molecule has 0 bridgehead atoms. The third-order valence-electron chi connectivity index (χ3n) is 3.95.